The molecule has 0 bridgehead atoms. The van der Waals surface area contributed by atoms with Crippen LogP contribution in [0.5, 0.6) is 0 Å². The van der Waals surface area contributed by atoms with E-state index in [-0.39, 0.29) is 29.6 Å². The van der Waals surface area contributed by atoms with Crippen molar-refractivity contribution in [2.45, 2.75) is 31.2 Å². The number of hydrogen-bond acceptors (Lipinski definition) is 5. The van der Waals surface area contributed by atoms with Gasteiger partial charge in [-0.25, -0.2) is 4.68 Å². The van der Waals surface area contributed by atoms with Crippen LogP contribution in [0, 0.1) is 17.0 Å². The van der Waals surface area contributed by atoms with Gasteiger partial charge in [-0.1, -0.05) is 17.8 Å². The Bertz CT molecular complexity index is 764. The van der Waals surface area contributed by atoms with Crippen molar-refractivity contribution in [3.8, 4) is 0 Å². The third-order valence-electron chi connectivity index (χ3n) is 3.21. The molecule has 0 aliphatic rings. The smallest absolute Gasteiger partial charge is 0.258 e. The first kappa shape index (κ1) is 19.2. The van der Waals surface area contributed by atoms with Crippen LogP contribution >= 0.6 is 11.8 Å². The van der Waals surface area contributed by atoms with Crippen molar-refractivity contribution in [3.63, 3.8) is 0 Å². The van der Waals surface area contributed by atoms with Gasteiger partial charge in [-0.15, -0.1) is 5.10 Å². The molecule has 136 valence electrons. The normalized spacial score (nSPS) is 11.7. The molecule has 1 aromatic carbocycles. The zero-order chi connectivity index (χ0) is 18.6. The topological polar surface area (TPSA) is 73.8 Å². The van der Waals surface area contributed by atoms with Crippen LogP contribution in [-0.4, -0.2) is 32.1 Å². The number of aromatic nitrogens is 3. The second-order valence-corrected chi connectivity index (χ2v) is 6.20. The van der Waals surface area contributed by atoms with Crippen LogP contribution in [0.15, 0.2) is 23.4 Å². The standard InChI is InChI=1S/C14H14F4N4O2S/c1-9-7-10(3-4-11(9)22(23)24)8-21-12(14(16,17)18)19-13(20-21)25-6-2-5-15/h3-4,7H,2,5-6,8H2,1H3. The van der Waals surface area contributed by atoms with Gasteiger partial charge in [-0.2, -0.15) is 18.2 Å². The van der Waals surface area contributed by atoms with Crippen LogP contribution in [0.1, 0.15) is 23.4 Å². The quantitative estimate of drug-likeness (QED) is 0.239. The molecule has 1 heterocycles. The Morgan fingerprint density at radius 3 is 2.64 bits per heavy atom. The number of hydrogen-bond donors (Lipinski definition) is 0. The molecule has 0 atom stereocenters. The van der Waals surface area contributed by atoms with Crippen molar-refractivity contribution in [1.82, 2.24) is 14.8 Å². The van der Waals surface area contributed by atoms with E-state index in [1.807, 2.05) is 0 Å². The lowest BCUT2D eigenvalue weighted by molar-refractivity contribution is -0.385. The molecule has 0 aliphatic carbocycles. The highest BCUT2D eigenvalue weighted by Gasteiger charge is 2.38. The van der Waals surface area contributed by atoms with Gasteiger partial charge < -0.3 is 0 Å². The van der Waals surface area contributed by atoms with Crippen LogP contribution in [0.4, 0.5) is 23.2 Å². The lowest BCUT2D eigenvalue weighted by Gasteiger charge is -2.09. The fraction of sp³-hybridized carbons (Fsp3) is 0.429. The summed E-state index contributed by atoms with van der Waals surface area (Å²) < 4.78 is 52.2. The molecule has 6 nitrogen and oxygen atoms in total. The fourth-order valence-electron chi connectivity index (χ4n) is 2.11. The summed E-state index contributed by atoms with van der Waals surface area (Å²) in [4.78, 5) is 13.7. The zero-order valence-electron chi connectivity index (χ0n) is 13.1. The number of thioether (sulfide) groups is 1. The van der Waals surface area contributed by atoms with Gasteiger partial charge in [0.1, 0.15) is 0 Å². The van der Waals surface area contributed by atoms with Gasteiger partial charge in [0, 0.05) is 17.4 Å². The minimum Gasteiger partial charge on any atom is -0.258 e. The summed E-state index contributed by atoms with van der Waals surface area (Å²) in [6.45, 7) is 0.706. The van der Waals surface area contributed by atoms with Crippen molar-refractivity contribution >= 4 is 17.4 Å². The van der Waals surface area contributed by atoms with E-state index in [0.717, 1.165) is 11.8 Å². The Labute approximate surface area is 144 Å². The maximum Gasteiger partial charge on any atom is 0.451 e. The van der Waals surface area contributed by atoms with Crippen molar-refractivity contribution in [2.75, 3.05) is 12.4 Å². The van der Waals surface area contributed by atoms with Crippen LogP contribution in [0.3, 0.4) is 0 Å². The van der Waals surface area contributed by atoms with Gasteiger partial charge in [-0.05, 0) is 25.0 Å². The third-order valence-corrected chi connectivity index (χ3v) is 4.13. The average molecular weight is 378 g/mol. The van der Waals surface area contributed by atoms with E-state index in [0.29, 0.717) is 15.8 Å². The Balaban J connectivity index is 2.28. The van der Waals surface area contributed by atoms with E-state index in [1.165, 1.54) is 25.1 Å². The van der Waals surface area contributed by atoms with Gasteiger partial charge in [0.25, 0.3) is 5.69 Å². The lowest BCUT2D eigenvalue weighted by atomic mass is 10.1. The number of nitro groups is 1. The highest BCUT2D eigenvalue weighted by molar-refractivity contribution is 7.99. The molecule has 0 radical (unpaired) electrons. The number of nitrogens with zero attached hydrogens (tertiary/aromatic N) is 4. The van der Waals surface area contributed by atoms with Crippen molar-refractivity contribution < 1.29 is 22.5 Å². The van der Waals surface area contributed by atoms with E-state index in [4.69, 9.17) is 0 Å². The fourth-order valence-corrected chi connectivity index (χ4v) is 2.86. The molecule has 0 fully saturated rings. The number of nitro benzene ring substituents is 1. The van der Waals surface area contributed by atoms with Gasteiger partial charge in [0.05, 0.1) is 18.1 Å². The molecular weight excluding hydrogens is 364 g/mol. The molecular formula is C14H14F4N4O2S. The van der Waals surface area contributed by atoms with Gasteiger partial charge in [0.15, 0.2) is 0 Å². The van der Waals surface area contributed by atoms with Crippen LogP contribution in [-0.2, 0) is 12.7 Å². The Morgan fingerprint density at radius 2 is 2.08 bits per heavy atom. The van der Waals surface area contributed by atoms with Crippen molar-refractivity contribution in [1.29, 1.82) is 0 Å². The van der Waals surface area contributed by atoms with Gasteiger partial charge in [0.2, 0.25) is 11.0 Å². The monoisotopic (exact) mass is 378 g/mol. The number of benzene rings is 1. The maximum atomic E-state index is 13.1. The molecule has 0 saturated heterocycles. The summed E-state index contributed by atoms with van der Waals surface area (Å²) in [5.74, 6) is -0.889. The lowest BCUT2D eigenvalue weighted by Crippen LogP contribution is -2.16. The zero-order valence-corrected chi connectivity index (χ0v) is 13.9. The summed E-state index contributed by atoms with van der Waals surface area (Å²) in [6.07, 6.45) is -4.50. The van der Waals surface area contributed by atoms with Crippen LogP contribution < -0.4 is 0 Å². The Kier molecular flexibility index (Phi) is 5.98. The van der Waals surface area contributed by atoms with Gasteiger partial charge >= 0.3 is 6.18 Å². The molecule has 11 heteroatoms. The van der Waals surface area contributed by atoms with E-state index in [9.17, 15) is 27.7 Å². The first-order valence-electron chi connectivity index (χ1n) is 7.17. The van der Waals surface area contributed by atoms with E-state index in [1.54, 1.807) is 0 Å². The van der Waals surface area contributed by atoms with Crippen LogP contribution in [0.25, 0.3) is 0 Å². The molecule has 0 amide bonds. The number of rotatable bonds is 7. The predicted molar refractivity (Wildman–Crippen MR) is 83.3 cm³/mol. The van der Waals surface area contributed by atoms with Crippen LogP contribution in [0.2, 0.25) is 0 Å². The maximum absolute atomic E-state index is 13.1. The summed E-state index contributed by atoms with van der Waals surface area (Å²) >= 11 is 0.944. The first-order valence-corrected chi connectivity index (χ1v) is 8.15. The SMILES string of the molecule is Cc1cc(Cn2nc(SCCCF)nc2C(F)(F)F)ccc1[N+](=O)[O-]. The van der Waals surface area contributed by atoms with E-state index in [2.05, 4.69) is 10.1 Å². The molecule has 2 aromatic rings. The highest BCUT2D eigenvalue weighted by Crippen LogP contribution is 2.30. The van der Waals surface area contributed by atoms with E-state index < -0.39 is 23.6 Å². The third kappa shape index (κ3) is 4.91. The largest absolute Gasteiger partial charge is 0.451 e. The number of halogens is 4. The second kappa shape index (κ2) is 7.81. The highest BCUT2D eigenvalue weighted by atomic mass is 32.2. The molecule has 25 heavy (non-hydrogen) atoms. The minimum absolute atomic E-state index is 0.0839. The van der Waals surface area contributed by atoms with Gasteiger partial charge in [-0.3, -0.25) is 14.5 Å². The average Bonchev–Trinajstić information content (AvgIpc) is 2.90. The molecule has 0 spiro atoms. The molecule has 0 unspecified atom stereocenters. The molecule has 0 saturated carbocycles. The predicted octanol–water partition coefficient (Wildman–Crippen LogP) is 4.01. The van der Waals surface area contributed by atoms with Crippen molar-refractivity contribution in [2.24, 2.45) is 0 Å². The minimum atomic E-state index is -4.69. The molecule has 1 aromatic heterocycles. The molecule has 0 N–H and O–H groups in total. The Morgan fingerprint density at radius 1 is 1.36 bits per heavy atom. The summed E-state index contributed by atoms with van der Waals surface area (Å²) in [5, 5.41) is 14.5. The Hall–Kier alpha value is -2.17. The number of alkyl halides is 4. The summed E-state index contributed by atoms with van der Waals surface area (Å²) in [7, 11) is 0. The summed E-state index contributed by atoms with van der Waals surface area (Å²) in [6, 6.07) is 4.06. The van der Waals surface area contributed by atoms with E-state index >= 15 is 0 Å². The molecule has 2 rings (SSSR count). The molecule has 0 aliphatic heterocycles. The van der Waals surface area contributed by atoms with Crippen molar-refractivity contribution in [3.05, 3.63) is 45.3 Å². The second-order valence-electron chi connectivity index (χ2n) is 5.14. The number of aryl methyl sites for hydroxylation is 1. The summed E-state index contributed by atoms with van der Waals surface area (Å²) in [5.41, 5.74) is 0.661. The first-order chi connectivity index (χ1) is 11.7.